The van der Waals surface area contributed by atoms with Crippen LogP contribution in [0.25, 0.3) is 0 Å². The monoisotopic (exact) mass is 332 g/mol. The Morgan fingerprint density at radius 1 is 1.42 bits per heavy atom. The fourth-order valence-electron chi connectivity index (χ4n) is 1.73. The third-order valence-corrected chi connectivity index (χ3v) is 4.11. The molecule has 0 bridgehead atoms. The van der Waals surface area contributed by atoms with Crippen molar-refractivity contribution in [2.45, 2.75) is 33.3 Å². The Hall–Kier alpha value is -0.940. The van der Waals surface area contributed by atoms with Gasteiger partial charge in [-0.25, -0.2) is 4.39 Å². The van der Waals surface area contributed by atoms with Crippen molar-refractivity contribution in [1.29, 1.82) is 0 Å². The van der Waals surface area contributed by atoms with Gasteiger partial charge >= 0.3 is 5.97 Å². The van der Waals surface area contributed by atoms with E-state index < -0.39 is 22.8 Å². The summed E-state index contributed by atoms with van der Waals surface area (Å²) in [6.07, 6.45) is 0. The molecule has 1 rings (SSSR count). The van der Waals surface area contributed by atoms with E-state index in [-0.39, 0.29) is 6.61 Å². The van der Waals surface area contributed by atoms with Gasteiger partial charge in [-0.2, -0.15) is 0 Å². The molecule has 0 saturated heterocycles. The standard InChI is InChI=1S/C14H18BrFO3/c1-5-19-12(17)13(2,3)14(4,18)10-7-6-9(16)8-11(10)15/h6-8,18H,5H2,1-4H3. The first-order valence-corrected chi connectivity index (χ1v) is 6.79. The summed E-state index contributed by atoms with van der Waals surface area (Å²) in [5.41, 5.74) is -2.22. The molecule has 0 heterocycles. The first-order valence-electron chi connectivity index (χ1n) is 5.99. The fourth-order valence-corrected chi connectivity index (χ4v) is 2.47. The molecule has 0 amide bonds. The van der Waals surface area contributed by atoms with Gasteiger partial charge in [0.25, 0.3) is 0 Å². The predicted octanol–water partition coefficient (Wildman–Crippen LogP) is 3.39. The summed E-state index contributed by atoms with van der Waals surface area (Å²) in [6, 6.07) is 3.96. The Labute approximate surface area is 120 Å². The van der Waals surface area contributed by atoms with E-state index in [0.29, 0.717) is 10.0 Å². The molecule has 0 saturated carbocycles. The third-order valence-electron chi connectivity index (χ3n) is 3.46. The Bertz CT molecular complexity index is 484. The van der Waals surface area contributed by atoms with Crippen LogP contribution in [-0.2, 0) is 15.1 Å². The number of carbonyl (C=O) groups is 1. The molecule has 1 N–H and O–H groups in total. The molecular weight excluding hydrogens is 315 g/mol. The van der Waals surface area contributed by atoms with Crippen LogP contribution in [0.2, 0.25) is 0 Å². The highest BCUT2D eigenvalue weighted by Crippen LogP contribution is 2.43. The van der Waals surface area contributed by atoms with Gasteiger partial charge < -0.3 is 9.84 Å². The lowest BCUT2D eigenvalue weighted by atomic mass is 9.72. The second-order valence-electron chi connectivity index (χ2n) is 5.04. The molecule has 3 nitrogen and oxygen atoms in total. The number of halogens is 2. The Morgan fingerprint density at radius 3 is 2.47 bits per heavy atom. The molecule has 0 aliphatic rings. The zero-order valence-corrected chi connectivity index (χ0v) is 13.0. The molecule has 0 radical (unpaired) electrons. The van der Waals surface area contributed by atoms with Gasteiger partial charge in [0.2, 0.25) is 0 Å². The summed E-state index contributed by atoms with van der Waals surface area (Å²) in [5.74, 6) is -0.920. The Morgan fingerprint density at radius 2 is 2.00 bits per heavy atom. The zero-order chi connectivity index (χ0) is 14.8. The van der Waals surface area contributed by atoms with Gasteiger partial charge in [0.15, 0.2) is 0 Å². The van der Waals surface area contributed by atoms with E-state index in [4.69, 9.17) is 4.74 Å². The van der Waals surface area contributed by atoms with Gasteiger partial charge in [0.1, 0.15) is 11.4 Å². The van der Waals surface area contributed by atoms with Crippen molar-refractivity contribution in [2.24, 2.45) is 5.41 Å². The summed E-state index contributed by atoms with van der Waals surface area (Å²) in [7, 11) is 0. The highest BCUT2D eigenvalue weighted by Gasteiger charge is 2.48. The molecule has 1 unspecified atom stereocenters. The maximum Gasteiger partial charge on any atom is 0.314 e. The Kier molecular flexibility index (Phi) is 4.74. The molecule has 1 aromatic carbocycles. The van der Waals surface area contributed by atoms with Gasteiger partial charge in [-0.15, -0.1) is 0 Å². The van der Waals surface area contributed by atoms with E-state index in [1.165, 1.54) is 25.1 Å². The predicted molar refractivity (Wildman–Crippen MR) is 74.1 cm³/mol. The number of esters is 1. The van der Waals surface area contributed by atoms with Crippen LogP contribution in [0.1, 0.15) is 33.3 Å². The van der Waals surface area contributed by atoms with E-state index >= 15 is 0 Å². The van der Waals surface area contributed by atoms with Crippen LogP contribution in [0.4, 0.5) is 4.39 Å². The fraction of sp³-hybridized carbons (Fsp3) is 0.500. The minimum atomic E-state index is -1.49. The highest BCUT2D eigenvalue weighted by molar-refractivity contribution is 9.10. The van der Waals surface area contributed by atoms with E-state index in [2.05, 4.69) is 15.9 Å². The molecule has 0 aromatic heterocycles. The maximum absolute atomic E-state index is 13.1. The topological polar surface area (TPSA) is 46.5 Å². The lowest BCUT2D eigenvalue weighted by Gasteiger charge is -2.38. The second kappa shape index (κ2) is 5.59. The van der Waals surface area contributed by atoms with Crippen molar-refractivity contribution in [3.05, 3.63) is 34.1 Å². The molecule has 106 valence electrons. The number of carbonyl (C=O) groups excluding carboxylic acids is 1. The molecule has 0 aliphatic heterocycles. The summed E-state index contributed by atoms with van der Waals surface area (Å²) in [6.45, 7) is 6.66. The minimum Gasteiger partial charge on any atom is -0.465 e. The van der Waals surface area contributed by atoms with Gasteiger partial charge in [0.05, 0.1) is 12.0 Å². The van der Waals surface area contributed by atoms with E-state index in [9.17, 15) is 14.3 Å². The number of rotatable bonds is 4. The minimum absolute atomic E-state index is 0.239. The molecule has 0 spiro atoms. The Balaban J connectivity index is 3.25. The van der Waals surface area contributed by atoms with Crippen molar-refractivity contribution in [1.82, 2.24) is 0 Å². The van der Waals surface area contributed by atoms with Gasteiger partial charge in [-0.3, -0.25) is 4.79 Å². The van der Waals surface area contributed by atoms with Crippen LogP contribution in [-0.4, -0.2) is 17.7 Å². The maximum atomic E-state index is 13.1. The van der Waals surface area contributed by atoms with E-state index in [1.807, 2.05) is 0 Å². The number of benzene rings is 1. The van der Waals surface area contributed by atoms with Crippen LogP contribution in [0.5, 0.6) is 0 Å². The number of aliphatic hydroxyl groups is 1. The summed E-state index contributed by atoms with van der Waals surface area (Å²) >= 11 is 3.21. The first kappa shape index (κ1) is 16.1. The normalized spacial score (nSPS) is 14.9. The molecule has 0 aliphatic carbocycles. The smallest absolute Gasteiger partial charge is 0.314 e. The number of hydrogen-bond donors (Lipinski definition) is 1. The SMILES string of the molecule is CCOC(=O)C(C)(C)C(C)(O)c1ccc(F)cc1Br. The molecule has 5 heteroatoms. The summed E-state index contributed by atoms with van der Waals surface area (Å²) in [4.78, 5) is 12.0. The largest absolute Gasteiger partial charge is 0.465 e. The van der Waals surface area contributed by atoms with Crippen LogP contribution in [0.3, 0.4) is 0 Å². The summed E-state index contributed by atoms with van der Waals surface area (Å²) in [5, 5.41) is 10.7. The number of ether oxygens (including phenoxy) is 1. The third kappa shape index (κ3) is 2.98. The van der Waals surface area contributed by atoms with E-state index in [0.717, 1.165) is 0 Å². The van der Waals surface area contributed by atoms with Crippen LogP contribution >= 0.6 is 15.9 Å². The molecular formula is C14H18BrFO3. The van der Waals surface area contributed by atoms with Crippen molar-refractivity contribution in [3.8, 4) is 0 Å². The van der Waals surface area contributed by atoms with Crippen molar-refractivity contribution < 1.29 is 19.0 Å². The molecule has 1 aromatic rings. The lowest BCUT2D eigenvalue weighted by Crippen LogP contribution is -2.46. The average Bonchev–Trinajstić information content (AvgIpc) is 2.28. The molecule has 1 atom stereocenters. The van der Waals surface area contributed by atoms with Crippen molar-refractivity contribution in [3.63, 3.8) is 0 Å². The second-order valence-corrected chi connectivity index (χ2v) is 5.90. The zero-order valence-electron chi connectivity index (χ0n) is 11.5. The number of hydrogen-bond acceptors (Lipinski definition) is 3. The molecule has 19 heavy (non-hydrogen) atoms. The summed E-state index contributed by atoms with van der Waals surface area (Å²) < 4.78 is 18.5. The highest BCUT2D eigenvalue weighted by atomic mass is 79.9. The first-order chi connectivity index (χ1) is 8.64. The van der Waals surface area contributed by atoms with Gasteiger partial charge in [-0.05, 0) is 45.4 Å². The van der Waals surface area contributed by atoms with Gasteiger partial charge in [-0.1, -0.05) is 22.0 Å². The van der Waals surface area contributed by atoms with Crippen LogP contribution in [0.15, 0.2) is 22.7 Å². The van der Waals surface area contributed by atoms with Crippen LogP contribution < -0.4 is 0 Å². The van der Waals surface area contributed by atoms with Crippen molar-refractivity contribution in [2.75, 3.05) is 6.61 Å². The molecule has 0 fully saturated rings. The van der Waals surface area contributed by atoms with Crippen molar-refractivity contribution >= 4 is 21.9 Å². The lowest BCUT2D eigenvalue weighted by molar-refractivity contribution is -0.170. The van der Waals surface area contributed by atoms with Crippen LogP contribution in [0, 0.1) is 11.2 Å². The average molecular weight is 333 g/mol. The van der Waals surface area contributed by atoms with Gasteiger partial charge in [0, 0.05) is 4.47 Å². The van der Waals surface area contributed by atoms with E-state index in [1.54, 1.807) is 20.8 Å². The quantitative estimate of drug-likeness (QED) is 0.859.